The Morgan fingerprint density at radius 2 is 2.13 bits per heavy atom. The molecule has 8 heteroatoms. The molecule has 0 aliphatic carbocycles. The van der Waals surface area contributed by atoms with Gasteiger partial charge in [0, 0.05) is 5.56 Å². The Balaban J connectivity index is 2.03. The van der Waals surface area contributed by atoms with Crippen molar-refractivity contribution in [2.45, 2.75) is 0 Å². The Labute approximate surface area is 134 Å². The van der Waals surface area contributed by atoms with Crippen molar-refractivity contribution in [1.29, 1.82) is 0 Å². The second kappa shape index (κ2) is 6.13. The first kappa shape index (κ1) is 15.1. The van der Waals surface area contributed by atoms with Gasteiger partial charge in [0.05, 0.1) is 5.39 Å². The van der Waals surface area contributed by atoms with E-state index in [0.29, 0.717) is 16.6 Å². The monoisotopic (exact) mass is 335 g/mol. The van der Waals surface area contributed by atoms with Crippen LogP contribution in [0.15, 0.2) is 46.1 Å². The minimum atomic E-state index is -0.411. The first-order valence-corrected chi connectivity index (χ1v) is 6.91. The van der Waals surface area contributed by atoms with Gasteiger partial charge in [-0.2, -0.15) is 0 Å². The topological polar surface area (TPSA) is 93.9 Å². The number of ether oxygens (including phenoxy) is 1. The van der Waals surface area contributed by atoms with Crippen LogP contribution in [0, 0.1) is 5.82 Å². The smallest absolute Gasteiger partial charge is 0.189 e. The number of aromatic nitrogens is 1. The molecule has 0 saturated carbocycles. The predicted molar refractivity (Wildman–Crippen MR) is 83.3 cm³/mol. The Kier molecular flexibility index (Phi) is 4.03. The highest BCUT2D eigenvalue weighted by molar-refractivity contribution is 6.36. The zero-order valence-electron chi connectivity index (χ0n) is 11.7. The number of oxime groups is 1. The summed E-state index contributed by atoms with van der Waals surface area (Å²) in [5.41, 5.74) is 6.26. The maximum Gasteiger partial charge on any atom is 0.189 e. The molecule has 0 bridgehead atoms. The first-order chi connectivity index (χ1) is 11.1. The van der Waals surface area contributed by atoms with Crippen molar-refractivity contribution in [2.75, 3.05) is 6.61 Å². The molecule has 0 aliphatic heterocycles. The van der Waals surface area contributed by atoms with Crippen LogP contribution in [0.5, 0.6) is 5.75 Å². The van der Waals surface area contributed by atoms with Crippen LogP contribution < -0.4 is 10.5 Å². The molecule has 3 rings (SSSR count). The third-order valence-electron chi connectivity index (χ3n) is 3.18. The molecule has 3 aromatic rings. The fourth-order valence-electron chi connectivity index (χ4n) is 2.09. The molecule has 1 aromatic heterocycles. The van der Waals surface area contributed by atoms with Crippen molar-refractivity contribution in [1.82, 2.24) is 5.16 Å². The molecule has 0 fully saturated rings. The maximum absolute atomic E-state index is 13.9. The molecule has 3 N–H and O–H groups in total. The van der Waals surface area contributed by atoms with E-state index >= 15 is 0 Å². The zero-order chi connectivity index (χ0) is 16.4. The van der Waals surface area contributed by atoms with Crippen molar-refractivity contribution in [3.05, 3.63) is 47.2 Å². The molecule has 2 aromatic carbocycles. The standard InChI is InChI=1S/C15H11ClFN3O3/c16-13-11(22-7-12(18)19-21)6-5-9-14(20-23-15(9)13)8-3-1-2-4-10(8)17/h1-6,21H,7H2,(H2,18,19). The van der Waals surface area contributed by atoms with Crippen LogP contribution >= 0.6 is 11.6 Å². The van der Waals surface area contributed by atoms with Gasteiger partial charge in [0.2, 0.25) is 0 Å². The summed E-state index contributed by atoms with van der Waals surface area (Å²) in [5.74, 6) is -0.237. The summed E-state index contributed by atoms with van der Waals surface area (Å²) < 4.78 is 24.5. The van der Waals surface area contributed by atoms with Crippen LogP contribution in [0.2, 0.25) is 5.02 Å². The zero-order valence-corrected chi connectivity index (χ0v) is 12.4. The predicted octanol–water partition coefficient (Wildman–Crippen LogP) is 3.41. The lowest BCUT2D eigenvalue weighted by molar-refractivity contribution is 0.306. The molecular weight excluding hydrogens is 325 g/mol. The highest BCUT2D eigenvalue weighted by Gasteiger charge is 2.18. The van der Waals surface area contributed by atoms with Gasteiger partial charge in [0.25, 0.3) is 0 Å². The van der Waals surface area contributed by atoms with E-state index in [4.69, 9.17) is 31.8 Å². The molecule has 0 aliphatic rings. The molecule has 6 nitrogen and oxygen atoms in total. The van der Waals surface area contributed by atoms with E-state index in [1.807, 2.05) is 0 Å². The molecular formula is C15H11ClFN3O3. The second-order valence-corrected chi connectivity index (χ2v) is 5.02. The highest BCUT2D eigenvalue weighted by atomic mass is 35.5. The molecule has 23 heavy (non-hydrogen) atoms. The van der Waals surface area contributed by atoms with E-state index in [0.717, 1.165) is 0 Å². The van der Waals surface area contributed by atoms with Gasteiger partial charge < -0.3 is 20.2 Å². The number of rotatable bonds is 4. The van der Waals surface area contributed by atoms with Crippen molar-refractivity contribution in [3.63, 3.8) is 0 Å². The maximum atomic E-state index is 13.9. The van der Waals surface area contributed by atoms with Crippen molar-refractivity contribution < 1.29 is 18.9 Å². The van der Waals surface area contributed by atoms with E-state index in [1.54, 1.807) is 30.3 Å². The molecule has 0 radical (unpaired) electrons. The normalized spacial score (nSPS) is 11.8. The van der Waals surface area contributed by atoms with E-state index in [2.05, 4.69) is 10.3 Å². The molecule has 0 amide bonds. The Hall–Kier alpha value is -2.80. The lowest BCUT2D eigenvalue weighted by atomic mass is 10.1. The van der Waals surface area contributed by atoms with Gasteiger partial charge in [0.15, 0.2) is 11.4 Å². The Bertz CT molecular complexity index is 895. The van der Waals surface area contributed by atoms with Crippen molar-refractivity contribution in [2.24, 2.45) is 10.9 Å². The molecule has 0 atom stereocenters. The molecule has 118 valence electrons. The van der Waals surface area contributed by atoms with E-state index < -0.39 is 5.82 Å². The summed E-state index contributed by atoms with van der Waals surface area (Å²) in [7, 11) is 0. The number of halogens is 2. The van der Waals surface area contributed by atoms with Gasteiger partial charge >= 0.3 is 0 Å². The minimum absolute atomic E-state index is 0.106. The highest BCUT2D eigenvalue weighted by Crippen LogP contribution is 2.38. The van der Waals surface area contributed by atoms with Gasteiger partial charge in [-0.25, -0.2) is 4.39 Å². The Morgan fingerprint density at radius 3 is 2.87 bits per heavy atom. The summed E-state index contributed by atoms with van der Waals surface area (Å²) in [6.07, 6.45) is 0. The van der Waals surface area contributed by atoms with E-state index in [1.165, 1.54) is 6.07 Å². The third kappa shape index (κ3) is 2.78. The van der Waals surface area contributed by atoms with Crippen LogP contribution in [-0.2, 0) is 0 Å². The van der Waals surface area contributed by atoms with Crippen LogP contribution in [0.25, 0.3) is 22.2 Å². The van der Waals surface area contributed by atoms with Gasteiger partial charge in [0.1, 0.15) is 28.9 Å². The summed E-state index contributed by atoms with van der Waals surface area (Å²) in [5, 5.41) is 15.9. The number of amidine groups is 1. The summed E-state index contributed by atoms with van der Waals surface area (Å²) in [6, 6.07) is 9.47. The number of hydrogen-bond acceptors (Lipinski definition) is 5. The average Bonchev–Trinajstić information content (AvgIpc) is 2.99. The van der Waals surface area contributed by atoms with Crippen molar-refractivity contribution >= 4 is 28.4 Å². The van der Waals surface area contributed by atoms with Crippen LogP contribution in [0.4, 0.5) is 4.39 Å². The van der Waals surface area contributed by atoms with Gasteiger partial charge in [-0.3, -0.25) is 0 Å². The summed E-state index contributed by atoms with van der Waals surface area (Å²) >= 11 is 6.21. The van der Waals surface area contributed by atoms with Crippen LogP contribution in [0.1, 0.15) is 0 Å². The Morgan fingerprint density at radius 1 is 1.35 bits per heavy atom. The quantitative estimate of drug-likeness (QED) is 0.330. The van der Waals surface area contributed by atoms with Gasteiger partial charge in [-0.15, -0.1) is 0 Å². The largest absolute Gasteiger partial charge is 0.484 e. The SMILES string of the molecule is NC(COc1ccc2c(-c3ccccc3F)noc2c1Cl)=NO. The van der Waals surface area contributed by atoms with E-state index in [9.17, 15) is 4.39 Å². The van der Waals surface area contributed by atoms with Crippen LogP contribution in [-0.4, -0.2) is 22.8 Å². The fraction of sp³-hybridized carbons (Fsp3) is 0.0667. The third-order valence-corrected chi connectivity index (χ3v) is 3.54. The number of fused-ring (bicyclic) bond motifs is 1. The number of benzene rings is 2. The summed E-state index contributed by atoms with van der Waals surface area (Å²) in [4.78, 5) is 0. The molecule has 0 saturated heterocycles. The minimum Gasteiger partial charge on any atom is -0.484 e. The number of nitrogens with zero attached hydrogens (tertiary/aromatic N) is 2. The lowest BCUT2D eigenvalue weighted by Crippen LogP contribution is -2.20. The first-order valence-electron chi connectivity index (χ1n) is 6.53. The second-order valence-electron chi connectivity index (χ2n) is 4.65. The molecule has 0 spiro atoms. The molecule has 0 unspecified atom stereocenters. The summed E-state index contributed by atoms with van der Waals surface area (Å²) in [6.45, 7) is -0.143. The van der Waals surface area contributed by atoms with E-state index in [-0.39, 0.29) is 28.8 Å². The molecule has 1 heterocycles. The van der Waals surface area contributed by atoms with Gasteiger partial charge in [-0.1, -0.05) is 34.0 Å². The van der Waals surface area contributed by atoms with Crippen LogP contribution in [0.3, 0.4) is 0 Å². The van der Waals surface area contributed by atoms with Crippen molar-refractivity contribution in [3.8, 4) is 17.0 Å². The number of nitrogens with two attached hydrogens (primary N) is 1. The fourth-order valence-corrected chi connectivity index (χ4v) is 2.35. The van der Waals surface area contributed by atoms with Gasteiger partial charge in [-0.05, 0) is 24.3 Å². The lowest BCUT2D eigenvalue weighted by Gasteiger charge is -2.06. The number of hydrogen-bond donors (Lipinski definition) is 2. The average molecular weight is 336 g/mol.